The second-order valence-electron chi connectivity index (χ2n) is 7.85. The van der Waals surface area contributed by atoms with Gasteiger partial charge in [-0.1, -0.05) is 6.42 Å². The van der Waals surface area contributed by atoms with E-state index in [0.717, 1.165) is 56.4 Å². The van der Waals surface area contributed by atoms with Gasteiger partial charge in [0.1, 0.15) is 23.8 Å². The maximum Gasteiger partial charge on any atom is 0.143 e. The van der Waals surface area contributed by atoms with Crippen LogP contribution in [0.25, 0.3) is 0 Å². The van der Waals surface area contributed by atoms with Gasteiger partial charge < -0.3 is 15.1 Å². The molecule has 2 aliphatic heterocycles. The van der Waals surface area contributed by atoms with Crippen molar-refractivity contribution in [2.24, 2.45) is 0 Å². The lowest BCUT2D eigenvalue weighted by atomic mass is 9.66. The predicted octanol–water partition coefficient (Wildman–Crippen LogP) is 2.11. The number of nitriles is 1. The number of likely N-dealkylation sites (N-methyl/N-ethyl adjacent to an activating group) is 1. The summed E-state index contributed by atoms with van der Waals surface area (Å²) in [6.45, 7) is 2.88. The molecule has 2 aromatic rings. The molecule has 7 nitrogen and oxygen atoms in total. The molecule has 2 fully saturated rings. The average Bonchev–Trinajstić information content (AvgIpc) is 3.30. The zero-order chi connectivity index (χ0) is 18.4. The van der Waals surface area contributed by atoms with Crippen LogP contribution in [0, 0.1) is 11.3 Å². The first-order valence-electron chi connectivity index (χ1n) is 9.65. The molecule has 2 aromatic heterocycles. The van der Waals surface area contributed by atoms with Crippen molar-refractivity contribution in [3.05, 3.63) is 35.8 Å². The van der Waals surface area contributed by atoms with Gasteiger partial charge in [-0.05, 0) is 38.4 Å². The van der Waals surface area contributed by atoms with Crippen LogP contribution in [0.2, 0.25) is 0 Å². The summed E-state index contributed by atoms with van der Waals surface area (Å²) in [6.07, 6.45) is 8.10. The minimum absolute atomic E-state index is 0.119. The lowest BCUT2D eigenvalue weighted by Gasteiger charge is -2.40. The van der Waals surface area contributed by atoms with Crippen LogP contribution in [0.3, 0.4) is 0 Å². The highest BCUT2D eigenvalue weighted by atomic mass is 15.3. The van der Waals surface area contributed by atoms with Gasteiger partial charge in [0.15, 0.2) is 0 Å². The van der Waals surface area contributed by atoms with Gasteiger partial charge in [0.25, 0.3) is 0 Å². The lowest BCUT2D eigenvalue weighted by Crippen LogP contribution is -2.39. The Balaban J connectivity index is 1.59. The van der Waals surface area contributed by atoms with Crippen molar-refractivity contribution in [1.29, 1.82) is 5.26 Å². The molecule has 1 aliphatic carbocycles. The molecule has 0 bridgehead atoms. The maximum absolute atomic E-state index is 9.26. The normalized spacial score (nSPS) is 22.6. The van der Waals surface area contributed by atoms with E-state index >= 15 is 0 Å². The molecule has 0 radical (unpaired) electrons. The van der Waals surface area contributed by atoms with E-state index in [9.17, 15) is 5.26 Å². The molecular weight excluding hydrogens is 338 g/mol. The predicted molar refractivity (Wildman–Crippen MR) is 103 cm³/mol. The second-order valence-corrected chi connectivity index (χ2v) is 7.85. The molecular formula is C20H23N7. The number of hydrogen-bond acceptors (Lipinski definition) is 7. The van der Waals surface area contributed by atoms with E-state index in [1.54, 1.807) is 18.6 Å². The highest BCUT2D eigenvalue weighted by Crippen LogP contribution is 2.56. The summed E-state index contributed by atoms with van der Waals surface area (Å²) in [5, 5.41) is 12.7. The maximum atomic E-state index is 9.26. The quantitative estimate of drug-likeness (QED) is 0.897. The zero-order valence-corrected chi connectivity index (χ0v) is 15.5. The van der Waals surface area contributed by atoms with Crippen molar-refractivity contribution in [3.8, 4) is 6.07 Å². The Kier molecular flexibility index (Phi) is 3.76. The van der Waals surface area contributed by atoms with E-state index in [2.05, 4.69) is 31.2 Å². The molecule has 0 unspecified atom stereocenters. The van der Waals surface area contributed by atoms with Gasteiger partial charge in [-0.2, -0.15) is 5.26 Å². The molecule has 1 N–H and O–H groups in total. The number of nitrogens with one attached hydrogen (secondary N) is 1. The van der Waals surface area contributed by atoms with Gasteiger partial charge in [0.2, 0.25) is 0 Å². The van der Waals surface area contributed by atoms with Crippen molar-refractivity contribution in [2.45, 2.75) is 37.1 Å². The number of aromatic nitrogens is 3. The van der Waals surface area contributed by atoms with E-state index in [4.69, 9.17) is 4.98 Å². The summed E-state index contributed by atoms with van der Waals surface area (Å²) < 4.78 is 0. The number of nitrogens with zero attached hydrogens (tertiary/aromatic N) is 6. The van der Waals surface area contributed by atoms with Crippen molar-refractivity contribution < 1.29 is 0 Å². The SMILES string of the molecule is CN[C@H]1CCN(c2ncnc3c2C2(CCC2)CN3c2cc(C#N)ccn2)C1. The van der Waals surface area contributed by atoms with Crippen LogP contribution in [-0.4, -0.2) is 47.7 Å². The van der Waals surface area contributed by atoms with Crippen molar-refractivity contribution in [2.75, 3.05) is 36.5 Å². The van der Waals surface area contributed by atoms with E-state index in [0.29, 0.717) is 11.6 Å². The third-order valence-electron chi connectivity index (χ3n) is 6.41. The summed E-state index contributed by atoms with van der Waals surface area (Å²) in [5.41, 5.74) is 2.03. The van der Waals surface area contributed by atoms with Crippen LogP contribution in [0.1, 0.15) is 36.8 Å². The molecule has 7 heteroatoms. The van der Waals surface area contributed by atoms with Gasteiger partial charge in [0.05, 0.1) is 11.6 Å². The number of fused-ring (bicyclic) bond motifs is 2. The number of anilines is 3. The highest BCUT2D eigenvalue weighted by molar-refractivity contribution is 5.74. The van der Waals surface area contributed by atoms with Crippen LogP contribution in [-0.2, 0) is 5.41 Å². The Labute approximate surface area is 159 Å². The number of rotatable bonds is 3. The highest BCUT2D eigenvalue weighted by Gasteiger charge is 2.51. The fourth-order valence-corrected chi connectivity index (χ4v) is 4.77. The van der Waals surface area contributed by atoms with Gasteiger partial charge in [-0.25, -0.2) is 15.0 Å². The second kappa shape index (κ2) is 6.17. The third kappa shape index (κ3) is 2.47. The molecule has 138 valence electrons. The molecule has 0 aromatic carbocycles. The minimum atomic E-state index is 0.119. The van der Waals surface area contributed by atoms with Gasteiger partial charge in [-0.3, -0.25) is 0 Å². The molecule has 27 heavy (non-hydrogen) atoms. The molecule has 1 saturated carbocycles. The largest absolute Gasteiger partial charge is 0.355 e. The van der Waals surface area contributed by atoms with E-state index in [1.807, 2.05) is 13.1 Å². The van der Waals surface area contributed by atoms with Gasteiger partial charge in [0, 0.05) is 42.9 Å². The van der Waals surface area contributed by atoms with Crippen LogP contribution in [0.15, 0.2) is 24.7 Å². The Morgan fingerprint density at radius 3 is 2.81 bits per heavy atom. The summed E-state index contributed by atoms with van der Waals surface area (Å²) in [7, 11) is 2.03. The molecule has 1 saturated heterocycles. The first kappa shape index (κ1) is 16.5. The Morgan fingerprint density at radius 1 is 1.26 bits per heavy atom. The molecule has 3 aliphatic rings. The van der Waals surface area contributed by atoms with Crippen LogP contribution < -0.4 is 15.1 Å². The Morgan fingerprint density at radius 2 is 2.11 bits per heavy atom. The van der Waals surface area contributed by atoms with Crippen LogP contribution in [0.5, 0.6) is 0 Å². The van der Waals surface area contributed by atoms with Crippen molar-refractivity contribution in [3.63, 3.8) is 0 Å². The van der Waals surface area contributed by atoms with E-state index < -0.39 is 0 Å². The van der Waals surface area contributed by atoms with Crippen LogP contribution in [0.4, 0.5) is 17.5 Å². The first-order valence-corrected chi connectivity index (χ1v) is 9.65. The molecule has 5 rings (SSSR count). The van der Waals surface area contributed by atoms with E-state index in [1.165, 1.54) is 12.0 Å². The monoisotopic (exact) mass is 361 g/mol. The Bertz CT molecular complexity index is 915. The van der Waals surface area contributed by atoms with Gasteiger partial charge in [-0.15, -0.1) is 0 Å². The Hall–Kier alpha value is -2.72. The lowest BCUT2D eigenvalue weighted by molar-refractivity contribution is 0.266. The average molecular weight is 361 g/mol. The molecule has 1 atom stereocenters. The smallest absolute Gasteiger partial charge is 0.143 e. The third-order valence-corrected chi connectivity index (χ3v) is 6.41. The number of pyridine rings is 1. The van der Waals surface area contributed by atoms with E-state index in [-0.39, 0.29) is 5.41 Å². The molecule has 4 heterocycles. The van der Waals surface area contributed by atoms with Crippen LogP contribution >= 0.6 is 0 Å². The summed E-state index contributed by atoms with van der Waals surface area (Å²) in [5.74, 6) is 2.87. The summed E-state index contributed by atoms with van der Waals surface area (Å²) >= 11 is 0. The number of hydrogen-bond donors (Lipinski definition) is 1. The molecule has 0 amide bonds. The van der Waals surface area contributed by atoms with Crippen molar-refractivity contribution >= 4 is 17.5 Å². The minimum Gasteiger partial charge on any atom is -0.355 e. The molecule has 1 spiro atoms. The zero-order valence-electron chi connectivity index (χ0n) is 15.5. The first-order chi connectivity index (χ1) is 13.2. The standard InChI is InChI=1S/C20H23N7/c1-22-15-4-8-26(11-15)18-17-19(25-13-24-18)27(12-20(17)5-2-6-20)16-9-14(10-21)3-7-23-16/h3,7,9,13,15,22H,2,4-6,8,11-12H2,1H3/t15-/m0/s1. The van der Waals surface area contributed by atoms with Gasteiger partial charge >= 0.3 is 0 Å². The topological polar surface area (TPSA) is 81.0 Å². The summed E-state index contributed by atoms with van der Waals surface area (Å²) in [4.78, 5) is 18.5. The fraction of sp³-hybridized carbons (Fsp3) is 0.500. The van der Waals surface area contributed by atoms with Crippen molar-refractivity contribution in [1.82, 2.24) is 20.3 Å². The summed E-state index contributed by atoms with van der Waals surface area (Å²) in [6, 6.07) is 6.33. The fourth-order valence-electron chi connectivity index (χ4n) is 4.77.